The summed E-state index contributed by atoms with van der Waals surface area (Å²) >= 11 is 0. The van der Waals surface area contributed by atoms with E-state index in [9.17, 15) is 9.59 Å². The Morgan fingerprint density at radius 3 is 2.28 bits per heavy atom. The lowest BCUT2D eigenvalue weighted by Crippen LogP contribution is -2.30. The summed E-state index contributed by atoms with van der Waals surface area (Å²) in [6.07, 6.45) is -0.913. The maximum absolute atomic E-state index is 12.5. The van der Waals surface area contributed by atoms with Crippen LogP contribution < -0.4 is 10.2 Å². The zero-order valence-electron chi connectivity index (χ0n) is 17.0. The fourth-order valence-corrected chi connectivity index (χ4v) is 3.25. The second-order valence-electron chi connectivity index (χ2n) is 6.78. The number of carbonyl (C=O) groups is 2. The molecule has 0 fully saturated rings. The predicted molar refractivity (Wildman–Crippen MR) is 117 cm³/mol. The number of benzene rings is 3. The van der Waals surface area contributed by atoms with E-state index in [2.05, 4.69) is 24.1 Å². The number of esters is 1. The Bertz CT molecular complexity index is 989. The highest BCUT2D eigenvalue weighted by molar-refractivity contribution is 6.04. The van der Waals surface area contributed by atoms with Gasteiger partial charge in [-0.1, -0.05) is 36.4 Å². The first-order valence-electron chi connectivity index (χ1n) is 9.88. The van der Waals surface area contributed by atoms with E-state index in [-0.39, 0.29) is 5.91 Å². The van der Waals surface area contributed by atoms with E-state index < -0.39 is 12.1 Å². The Morgan fingerprint density at radius 2 is 1.59 bits per heavy atom. The second-order valence-corrected chi connectivity index (χ2v) is 6.78. The van der Waals surface area contributed by atoms with Crippen molar-refractivity contribution < 1.29 is 14.3 Å². The number of hydrogen-bond donors (Lipinski definition) is 1. The lowest BCUT2D eigenvalue weighted by Gasteiger charge is -2.21. The molecule has 3 rings (SSSR count). The molecule has 0 aromatic heterocycles. The van der Waals surface area contributed by atoms with Crippen molar-refractivity contribution in [1.29, 1.82) is 0 Å². The van der Waals surface area contributed by atoms with E-state index in [1.165, 1.54) is 0 Å². The second kappa shape index (κ2) is 9.24. The topological polar surface area (TPSA) is 58.6 Å². The van der Waals surface area contributed by atoms with E-state index in [0.717, 1.165) is 29.5 Å². The quantitative estimate of drug-likeness (QED) is 0.585. The Labute approximate surface area is 171 Å². The zero-order chi connectivity index (χ0) is 20.8. The maximum Gasteiger partial charge on any atom is 0.338 e. The summed E-state index contributed by atoms with van der Waals surface area (Å²) in [7, 11) is 0. The Kier molecular flexibility index (Phi) is 6.50. The monoisotopic (exact) mass is 390 g/mol. The van der Waals surface area contributed by atoms with Gasteiger partial charge in [-0.2, -0.15) is 0 Å². The molecule has 29 heavy (non-hydrogen) atoms. The third-order valence-corrected chi connectivity index (χ3v) is 4.93. The summed E-state index contributed by atoms with van der Waals surface area (Å²) < 4.78 is 5.37. The minimum absolute atomic E-state index is 0.366. The molecule has 5 heteroatoms. The van der Waals surface area contributed by atoms with Gasteiger partial charge in [0.25, 0.3) is 5.91 Å². The standard InChI is InChI=1S/C24H26N2O3/c1-4-26(5-2)20-15-13-19(14-16-20)24(28)29-17(3)23(27)25-22-12-8-10-18-9-6-7-11-21(18)22/h6-17H,4-5H2,1-3H3,(H,25,27)/t17-/m0/s1. The molecule has 3 aromatic carbocycles. The molecule has 3 aromatic rings. The van der Waals surface area contributed by atoms with Gasteiger partial charge in [-0.15, -0.1) is 0 Å². The summed E-state index contributed by atoms with van der Waals surface area (Å²) in [5.74, 6) is -0.883. The molecule has 0 unspecified atom stereocenters. The van der Waals surface area contributed by atoms with E-state index in [0.29, 0.717) is 11.3 Å². The van der Waals surface area contributed by atoms with Crippen molar-refractivity contribution in [2.45, 2.75) is 26.9 Å². The van der Waals surface area contributed by atoms with Crippen molar-refractivity contribution in [3.05, 3.63) is 72.3 Å². The molecule has 1 amide bonds. The van der Waals surface area contributed by atoms with Gasteiger partial charge >= 0.3 is 5.97 Å². The van der Waals surface area contributed by atoms with Crippen LogP contribution in [0.15, 0.2) is 66.7 Å². The van der Waals surface area contributed by atoms with Gasteiger partial charge in [-0.25, -0.2) is 4.79 Å². The third kappa shape index (κ3) is 4.74. The molecule has 0 aliphatic carbocycles. The fraction of sp³-hybridized carbons (Fsp3) is 0.250. The summed E-state index contributed by atoms with van der Waals surface area (Å²) in [5.41, 5.74) is 2.17. The van der Waals surface area contributed by atoms with Crippen molar-refractivity contribution in [2.24, 2.45) is 0 Å². The molecule has 0 aliphatic rings. The van der Waals surface area contributed by atoms with Crippen molar-refractivity contribution in [2.75, 3.05) is 23.3 Å². The number of anilines is 2. The minimum Gasteiger partial charge on any atom is -0.449 e. The smallest absolute Gasteiger partial charge is 0.338 e. The molecule has 150 valence electrons. The van der Waals surface area contributed by atoms with Gasteiger partial charge in [-0.3, -0.25) is 4.79 Å². The number of hydrogen-bond acceptors (Lipinski definition) is 4. The SMILES string of the molecule is CCN(CC)c1ccc(C(=O)O[C@@H](C)C(=O)Nc2cccc3ccccc23)cc1. The van der Waals surface area contributed by atoms with Crippen molar-refractivity contribution >= 4 is 34.0 Å². The van der Waals surface area contributed by atoms with E-state index >= 15 is 0 Å². The minimum atomic E-state index is -0.913. The first kappa shape index (κ1) is 20.4. The number of carbonyl (C=O) groups excluding carboxylic acids is 2. The number of amides is 1. The molecule has 0 spiro atoms. The molecular weight excluding hydrogens is 364 g/mol. The molecule has 0 aliphatic heterocycles. The first-order chi connectivity index (χ1) is 14.0. The van der Waals surface area contributed by atoms with E-state index in [4.69, 9.17) is 4.74 Å². The highest BCUT2D eigenvalue weighted by atomic mass is 16.5. The molecular formula is C24H26N2O3. The summed E-state index contributed by atoms with van der Waals surface area (Å²) in [5, 5.41) is 4.83. The van der Waals surface area contributed by atoms with Crippen molar-refractivity contribution in [1.82, 2.24) is 0 Å². The van der Waals surface area contributed by atoms with E-state index in [1.54, 1.807) is 19.1 Å². The van der Waals surface area contributed by atoms with Crippen LogP contribution in [0.3, 0.4) is 0 Å². The van der Waals surface area contributed by atoms with Crippen LogP contribution >= 0.6 is 0 Å². The van der Waals surface area contributed by atoms with Gasteiger partial charge in [0.1, 0.15) is 0 Å². The van der Waals surface area contributed by atoms with Crippen LogP contribution in [0.1, 0.15) is 31.1 Å². The highest BCUT2D eigenvalue weighted by Crippen LogP contribution is 2.23. The van der Waals surface area contributed by atoms with Crippen LogP contribution in [0.25, 0.3) is 10.8 Å². The number of fused-ring (bicyclic) bond motifs is 1. The van der Waals surface area contributed by atoms with Crippen LogP contribution in [0.5, 0.6) is 0 Å². The molecule has 0 heterocycles. The maximum atomic E-state index is 12.5. The average Bonchev–Trinajstić information content (AvgIpc) is 2.75. The molecule has 0 bridgehead atoms. The summed E-state index contributed by atoms with van der Waals surface area (Å²) in [6, 6.07) is 20.7. The number of nitrogens with one attached hydrogen (secondary N) is 1. The largest absolute Gasteiger partial charge is 0.449 e. The van der Waals surface area contributed by atoms with Crippen LogP contribution in [-0.2, 0) is 9.53 Å². The third-order valence-electron chi connectivity index (χ3n) is 4.93. The molecule has 1 N–H and O–H groups in total. The van der Waals surface area contributed by atoms with Gasteiger partial charge in [0.15, 0.2) is 6.10 Å². The van der Waals surface area contributed by atoms with Crippen molar-refractivity contribution in [3.8, 4) is 0 Å². The van der Waals surface area contributed by atoms with Crippen LogP contribution in [0.2, 0.25) is 0 Å². The Balaban J connectivity index is 1.65. The van der Waals surface area contributed by atoms with Crippen LogP contribution in [-0.4, -0.2) is 31.1 Å². The lowest BCUT2D eigenvalue weighted by atomic mass is 10.1. The van der Waals surface area contributed by atoms with Crippen LogP contribution in [0, 0.1) is 0 Å². The molecule has 1 atom stereocenters. The van der Waals surface area contributed by atoms with Crippen LogP contribution in [0.4, 0.5) is 11.4 Å². The highest BCUT2D eigenvalue weighted by Gasteiger charge is 2.20. The Morgan fingerprint density at radius 1 is 0.931 bits per heavy atom. The molecule has 5 nitrogen and oxygen atoms in total. The zero-order valence-corrected chi connectivity index (χ0v) is 17.0. The number of ether oxygens (including phenoxy) is 1. The van der Waals surface area contributed by atoms with Gasteiger partial charge in [0.05, 0.1) is 5.56 Å². The number of nitrogens with zero attached hydrogens (tertiary/aromatic N) is 1. The number of rotatable bonds is 7. The fourth-order valence-electron chi connectivity index (χ4n) is 3.25. The normalized spacial score (nSPS) is 11.7. The van der Waals surface area contributed by atoms with Gasteiger partial charge in [0, 0.05) is 29.9 Å². The Hall–Kier alpha value is -3.34. The van der Waals surface area contributed by atoms with Gasteiger partial charge in [0.2, 0.25) is 0 Å². The average molecular weight is 390 g/mol. The molecule has 0 saturated carbocycles. The first-order valence-corrected chi connectivity index (χ1v) is 9.88. The predicted octanol–water partition coefficient (Wildman–Crippen LogP) is 4.87. The van der Waals surface area contributed by atoms with Gasteiger partial charge in [-0.05, 0) is 56.5 Å². The summed E-state index contributed by atoms with van der Waals surface area (Å²) in [6.45, 7) is 7.53. The van der Waals surface area contributed by atoms with E-state index in [1.807, 2.05) is 54.6 Å². The molecule has 0 saturated heterocycles. The van der Waals surface area contributed by atoms with Crippen molar-refractivity contribution in [3.63, 3.8) is 0 Å². The summed E-state index contributed by atoms with van der Waals surface area (Å²) in [4.78, 5) is 27.2. The van der Waals surface area contributed by atoms with Gasteiger partial charge < -0.3 is 15.0 Å². The molecule has 0 radical (unpaired) electrons. The lowest BCUT2D eigenvalue weighted by molar-refractivity contribution is -0.123.